The van der Waals surface area contributed by atoms with E-state index in [1.165, 1.54) is 30.3 Å². The molecule has 1 aliphatic rings. The number of rotatable bonds is 2. The highest BCUT2D eigenvalue weighted by Gasteiger charge is 2.38. The largest absolute Gasteiger partial charge is 0.299 e. The predicted octanol–water partition coefficient (Wildman–Crippen LogP) is 3.00. The average Bonchev–Trinajstić information content (AvgIpc) is 2.69. The van der Waals surface area contributed by atoms with Crippen molar-refractivity contribution in [3.05, 3.63) is 64.7 Å². The van der Waals surface area contributed by atoms with Crippen molar-refractivity contribution in [3.63, 3.8) is 0 Å². The van der Waals surface area contributed by atoms with Crippen LogP contribution in [0.1, 0.15) is 21.5 Å². The highest BCUT2D eigenvalue weighted by molar-refractivity contribution is 6.52. The second kappa shape index (κ2) is 4.77. The average molecular weight is 287 g/mol. The number of nitrogens with zero attached hydrogens (tertiary/aromatic N) is 1. The minimum absolute atomic E-state index is 0.0313. The van der Waals surface area contributed by atoms with Crippen LogP contribution in [0.5, 0.6) is 0 Å². The molecule has 2 aromatic rings. The summed E-state index contributed by atoms with van der Waals surface area (Å²) < 4.78 is 27.3. The summed E-state index contributed by atoms with van der Waals surface area (Å²) in [5, 5.41) is 0. The van der Waals surface area contributed by atoms with Gasteiger partial charge in [-0.05, 0) is 42.3 Å². The summed E-state index contributed by atoms with van der Waals surface area (Å²) in [5.74, 6) is -2.61. The minimum Gasteiger partial charge on any atom is -0.298 e. The van der Waals surface area contributed by atoms with Gasteiger partial charge < -0.3 is 0 Å². The SMILES string of the molecule is Cc1ccc(F)cc1CN1C(=O)C(=O)c2cccc(F)c21. The Morgan fingerprint density at radius 3 is 2.62 bits per heavy atom. The number of para-hydroxylation sites is 1. The highest BCUT2D eigenvalue weighted by atomic mass is 19.1. The summed E-state index contributed by atoms with van der Waals surface area (Å²) in [6.45, 7) is 1.72. The molecule has 0 spiro atoms. The Balaban J connectivity index is 2.06. The second-order valence-corrected chi connectivity index (χ2v) is 4.93. The standard InChI is InChI=1S/C16H11F2NO2/c1-9-5-6-11(17)7-10(9)8-19-14-12(15(20)16(19)21)3-2-4-13(14)18/h2-7H,8H2,1H3. The maximum absolute atomic E-state index is 13.9. The molecule has 1 heterocycles. The zero-order valence-corrected chi connectivity index (χ0v) is 11.2. The van der Waals surface area contributed by atoms with Gasteiger partial charge in [0.25, 0.3) is 11.7 Å². The van der Waals surface area contributed by atoms with Crippen molar-refractivity contribution in [1.82, 2.24) is 0 Å². The van der Waals surface area contributed by atoms with Gasteiger partial charge in [-0.1, -0.05) is 12.1 Å². The van der Waals surface area contributed by atoms with E-state index >= 15 is 0 Å². The number of hydrogen-bond acceptors (Lipinski definition) is 2. The van der Waals surface area contributed by atoms with Crippen LogP contribution in [0.3, 0.4) is 0 Å². The molecule has 3 nitrogen and oxygen atoms in total. The topological polar surface area (TPSA) is 37.4 Å². The van der Waals surface area contributed by atoms with Gasteiger partial charge in [-0.25, -0.2) is 8.78 Å². The van der Waals surface area contributed by atoms with Crippen LogP contribution >= 0.6 is 0 Å². The predicted molar refractivity (Wildman–Crippen MR) is 73.1 cm³/mol. The van der Waals surface area contributed by atoms with E-state index in [1.807, 2.05) is 0 Å². The minimum atomic E-state index is -0.793. The third kappa shape index (κ3) is 2.11. The zero-order valence-electron chi connectivity index (χ0n) is 11.2. The highest BCUT2D eigenvalue weighted by Crippen LogP contribution is 2.33. The van der Waals surface area contributed by atoms with Gasteiger partial charge in [0.05, 0.1) is 17.8 Å². The van der Waals surface area contributed by atoms with Gasteiger partial charge in [0.15, 0.2) is 0 Å². The van der Waals surface area contributed by atoms with E-state index in [1.54, 1.807) is 13.0 Å². The van der Waals surface area contributed by atoms with Crippen molar-refractivity contribution >= 4 is 17.4 Å². The monoisotopic (exact) mass is 287 g/mol. The molecular weight excluding hydrogens is 276 g/mol. The molecule has 0 aromatic heterocycles. The Kier molecular flexibility index (Phi) is 3.05. The molecule has 0 saturated carbocycles. The first-order valence-electron chi connectivity index (χ1n) is 6.39. The van der Waals surface area contributed by atoms with Crippen molar-refractivity contribution in [1.29, 1.82) is 0 Å². The van der Waals surface area contributed by atoms with Gasteiger partial charge in [-0.15, -0.1) is 0 Å². The molecule has 2 aromatic carbocycles. The molecule has 0 N–H and O–H groups in total. The molecule has 1 aliphatic heterocycles. The van der Waals surface area contributed by atoms with Gasteiger partial charge in [-0.2, -0.15) is 0 Å². The lowest BCUT2D eigenvalue weighted by Crippen LogP contribution is -2.30. The Morgan fingerprint density at radius 2 is 1.86 bits per heavy atom. The first-order chi connectivity index (χ1) is 9.99. The Labute approximate surface area is 119 Å². The maximum atomic E-state index is 13.9. The van der Waals surface area contributed by atoms with Crippen LogP contribution in [0.4, 0.5) is 14.5 Å². The van der Waals surface area contributed by atoms with Crippen LogP contribution < -0.4 is 4.90 Å². The summed E-state index contributed by atoms with van der Waals surface area (Å²) in [4.78, 5) is 25.0. The number of aryl methyl sites for hydroxylation is 1. The van der Waals surface area contributed by atoms with E-state index in [9.17, 15) is 18.4 Å². The zero-order chi connectivity index (χ0) is 15.1. The molecule has 0 saturated heterocycles. The van der Waals surface area contributed by atoms with Crippen LogP contribution in [0.15, 0.2) is 36.4 Å². The lowest BCUT2D eigenvalue weighted by atomic mass is 10.1. The van der Waals surface area contributed by atoms with Gasteiger partial charge in [-0.3, -0.25) is 14.5 Å². The van der Waals surface area contributed by atoms with Crippen molar-refractivity contribution in [2.45, 2.75) is 13.5 Å². The van der Waals surface area contributed by atoms with Crippen LogP contribution in [0.25, 0.3) is 0 Å². The van der Waals surface area contributed by atoms with Gasteiger partial charge in [0.1, 0.15) is 11.6 Å². The fraction of sp³-hybridized carbons (Fsp3) is 0.125. The van der Waals surface area contributed by atoms with Crippen LogP contribution in [-0.2, 0) is 11.3 Å². The molecule has 21 heavy (non-hydrogen) atoms. The Bertz CT molecular complexity index is 771. The Hall–Kier alpha value is -2.56. The molecule has 3 rings (SSSR count). The van der Waals surface area contributed by atoms with E-state index in [0.717, 1.165) is 10.5 Å². The van der Waals surface area contributed by atoms with Crippen LogP contribution in [-0.4, -0.2) is 11.7 Å². The summed E-state index contributed by atoms with van der Waals surface area (Å²) >= 11 is 0. The number of fused-ring (bicyclic) bond motifs is 1. The fourth-order valence-corrected chi connectivity index (χ4v) is 2.44. The fourth-order valence-electron chi connectivity index (χ4n) is 2.44. The number of carbonyl (C=O) groups is 2. The van der Waals surface area contributed by atoms with E-state index in [4.69, 9.17) is 0 Å². The summed E-state index contributed by atoms with van der Waals surface area (Å²) in [7, 11) is 0. The van der Waals surface area contributed by atoms with E-state index in [2.05, 4.69) is 0 Å². The maximum Gasteiger partial charge on any atom is 0.299 e. The van der Waals surface area contributed by atoms with Crippen LogP contribution in [0, 0.1) is 18.6 Å². The molecular formula is C16H11F2NO2. The normalized spacial score (nSPS) is 13.8. The van der Waals surface area contributed by atoms with E-state index in [0.29, 0.717) is 5.56 Å². The van der Waals surface area contributed by atoms with Crippen molar-refractivity contribution in [2.75, 3.05) is 4.90 Å². The third-order valence-corrected chi connectivity index (χ3v) is 3.58. The second-order valence-electron chi connectivity index (χ2n) is 4.93. The smallest absolute Gasteiger partial charge is 0.298 e. The molecule has 0 aliphatic carbocycles. The van der Waals surface area contributed by atoms with E-state index < -0.39 is 23.3 Å². The van der Waals surface area contributed by atoms with Crippen LogP contribution in [0.2, 0.25) is 0 Å². The third-order valence-electron chi connectivity index (χ3n) is 3.58. The van der Waals surface area contributed by atoms with Gasteiger partial charge >= 0.3 is 0 Å². The number of Topliss-reactive ketones (excluding diaryl/α,β-unsaturated/α-hetero) is 1. The molecule has 106 valence electrons. The molecule has 0 radical (unpaired) electrons. The summed E-state index contributed by atoms with van der Waals surface area (Å²) in [6, 6.07) is 8.16. The molecule has 0 bridgehead atoms. The number of hydrogen-bond donors (Lipinski definition) is 0. The lowest BCUT2D eigenvalue weighted by Gasteiger charge is -2.18. The number of halogens is 2. The lowest BCUT2D eigenvalue weighted by molar-refractivity contribution is -0.114. The first kappa shape index (κ1) is 13.4. The number of anilines is 1. The van der Waals surface area contributed by atoms with Crippen molar-refractivity contribution in [2.24, 2.45) is 0 Å². The number of ketones is 1. The van der Waals surface area contributed by atoms with Gasteiger partial charge in [0, 0.05) is 0 Å². The van der Waals surface area contributed by atoms with E-state index in [-0.39, 0.29) is 17.8 Å². The number of amides is 1. The quantitative estimate of drug-likeness (QED) is 0.796. The first-order valence-corrected chi connectivity index (χ1v) is 6.39. The molecule has 0 fully saturated rings. The van der Waals surface area contributed by atoms with Crippen molar-refractivity contribution in [3.8, 4) is 0 Å². The van der Waals surface area contributed by atoms with Gasteiger partial charge in [0.2, 0.25) is 0 Å². The summed E-state index contributed by atoms with van der Waals surface area (Å²) in [6.07, 6.45) is 0. The van der Waals surface area contributed by atoms with Crippen molar-refractivity contribution < 1.29 is 18.4 Å². The Morgan fingerprint density at radius 1 is 1.10 bits per heavy atom. The summed E-state index contributed by atoms with van der Waals surface area (Å²) in [5.41, 5.74) is 1.32. The molecule has 0 atom stereocenters. The number of carbonyl (C=O) groups excluding carboxylic acids is 2. The molecule has 0 unspecified atom stereocenters. The molecule has 5 heteroatoms. The molecule has 1 amide bonds. The number of benzene rings is 2.